The Morgan fingerprint density at radius 2 is 1.51 bits per heavy atom. The lowest BCUT2D eigenvalue weighted by Crippen LogP contribution is -2.65. The predicted molar refractivity (Wildman–Crippen MR) is 148 cm³/mol. The molecule has 3 aliphatic heterocycles. The Morgan fingerprint density at radius 3 is 2.24 bits per heavy atom. The lowest BCUT2D eigenvalue weighted by Gasteiger charge is -2.45. The van der Waals surface area contributed by atoms with E-state index < -0.39 is 74.6 Å². The molecule has 6 rings (SSSR count). The molecule has 0 bridgehead atoms. The van der Waals surface area contributed by atoms with E-state index in [1.807, 2.05) is 0 Å². The van der Waals surface area contributed by atoms with Gasteiger partial charge in [0, 0.05) is 6.07 Å². The fraction of sp³-hybridized carbons (Fsp3) is 0.483. The van der Waals surface area contributed by atoms with Crippen LogP contribution in [0.25, 0.3) is 22.1 Å². The normalized spacial score (nSPS) is 32.9. The average molecular weight is 637 g/mol. The van der Waals surface area contributed by atoms with Crippen LogP contribution >= 0.6 is 0 Å². The first kappa shape index (κ1) is 31.4. The molecule has 3 aliphatic rings. The van der Waals surface area contributed by atoms with Gasteiger partial charge in [-0.3, -0.25) is 4.79 Å². The maximum atomic E-state index is 13.5. The summed E-state index contributed by atoms with van der Waals surface area (Å²) in [6, 6.07) is 7.74. The van der Waals surface area contributed by atoms with Crippen LogP contribution in [0.15, 0.2) is 45.8 Å². The average Bonchev–Trinajstić information content (AvgIpc) is 3.52. The maximum absolute atomic E-state index is 13.5. The van der Waals surface area contributed by atoms with Crippen LogP contribution in [0.3, 0.4) is 0 Å². The van der Waals surface area contributed by atoms with Crippen LogP contribution in [-0.4, -0.2) is 124 Å². The standard InChI is InChI=1S/C29H32O16/c1-38-16-5-12-15(39-9-13(21(12)32)11-2-3-14-17(4-11)41-10-40-14)6-18(16)42-29-26(37)27(23(34)20(8-31)44-29)45-28-25(36)24(35)22(33)19(7-30)43-28/h2-6,9,19-20,22-31,33-37H,7-8,10H2,1H3/t19-,20+,22+,23+,24-,25+,26+,27+,28-,29-/m1/s1. The molecular formula is C29H32O16. The number of methoxy groups -OCH3 is 1. The van der Waals surface area contributed by atoms with Crippen molar-refractivity contribution < 1.29 is 73.3 Å². The quantitative estimate of drug-likeness (QED) is 0.144. The van der Waals surface area contributed by atoms with E-state index in [0.29, 0.717) is 17.1 Å². The second-order valence-electron chi connectivity index (χ2n) is 10.7. The van der Waals surface area contributed by atoms with E-state index in [4.69, 9.17) is 37.6 Å². The molecule has 0 radical (unpaired) electrons. The fourth-order valence-electron chi connectivity index (χ4n) is 5.42. The van der Waals surface area contributed by atoms with Gasteiger partial charge in [-0.15, -0.1) is 0 Å². The predicted octanol–water partition coefficient (Wildman–Crippen LogP) is -1.80. The van der Waals surface area contributed by atoms with E-state index in [0.717, 1.165) is 0 Å². The van der Waals surface area contributed by atoms with E-state index in [1.54, 1.807) is 18.2 Å². The summed E-state index contributed by atoms with van der Waals surface area (Å²) in [6.07, 6.45) is -15.1. The Labute approximate surface area is 254 Å². The molecule has 0 saturated carbocycles. The van der Waals surface area contributed by atoms with Crippen molar-refractivity contribution in [2.75, 3.05) is 27.1 Å². The third-order valence-electron chi connectivity index (χ3n) is 7.95. The van der Waals surface area contributed by atoms with Gasteiger partial charge in [-0.05, 0) is 23.8 Å². The summed E-state index contributed by atoms with van der Waals surface area (Å²) >= 11 is 0. The highest BCUT2D eigenvalue weighted by Gasteiger charge is 2.51. The Bertz CT molecular complexity index is 1570. The van der Waals surface area contributed by atoms with E-state index in [9.17, 15) is 40.5 Å². The summed E-state index contributed by atoms with van der Waals surface area (Å²) in [4.78, 5) is 13.5. The molecule has 3 aromatic rings. The van der Waals surface area contributed by atoms with Gasteiger partial charge >= 0.3 is 0 Å². The third-order valence-corrected chi connectivity index (χ3v) is 7.95. The zero-order valence-corrected chi connectivity index (χ0v) is 23.7. The van der Waals surface area contributed by atoms with Gasteiger partial charge in [0.1, 0.15) is 60.7 Å². The van der Waals surface area contributed by atoms with Crippen LogP contribution in [0.4, 0.5) is 0 Å². The Balaban J connectivity index is 1.27. The fourth-order valence-corrected chi connectivity index (χ4v) is 5.42. The van der Waals surface area contributed by atoms with Crippen molar-refractivity contribution in [1.29, 1.82) is 0 Å². The van der Waals surface area contributed by atoms with E-state index in [-0.39, 0.29) is 40.3 Å². The van der Waals surface area contributed by atoms with Gasteiger partial charge in [0.25, 0.3) is 0 Å². The van der Waals surface area contributed by atoms with Crippen LogP contribution in [0.2, 0.25) is 0 Å². The summed E-state index contributed by atoms with van der Waals surface area (Å²) in [5, 5.41) is 71.9. The molecule has 2 aromatic carbocycles. The van der Waals surface area contributed by atoms with Crippen LogP contribution in [0.1, 0.15) is 0 Å². The molecule has 2 fully saturated rings. The van der Waals surface area contributed by atoms with Gasteiger partial charge in [0.05, 0.1) is 31.3 Å². The van der Waals surface area contributed by atoms with Crippen LogP contribution in [0, 0.1) is 0 Å². The molecule has 0 spiro atoms. The summed E-state index contributed by atoms with van der Waals surface area (Å²) in [5.41, 5.74) is 0.492. The lowest BCUT2D eigenvalue weighted by atomic mass is 9.97. The molecule has 45 heavy (non-hydrogen) atoms. The summed E-state index contributed by atoms with van der Waals surface area (Å²) in [7, 11) is 1.32. The van der Waals surface area contributed by atoms with Gasteiger partial charge in [0.15, 0.2) is 29.3 Å². The van der Waals surface area contributed by atoms with Crippen molar-refractivity contribution in [3.63, 3.8) is 0 Å². The monoisotopic (exact) mass is 636 g/mol. The molecule has 4 heterocycles. The number of rotatable bonds is 8. The number of aliphatic hydroxyl groups is 7. The zero-order chi connectivity index (χ0) is 32.0. The topological polar surface area (TPSA) is 236 Å². The van der Waals surface area contributed by atoms with Gasteiger partial charge in [-0.1, -0.05) is 6.07 Å². The minimum Gasteiger partial charge on any atom is -0.493 e. The van der Waals surface area contributed by atoms with Crippen molar-refractivity contribution in [2.24, 2.45) is 0 Å². The minimum absolute atomic E-state index is 0.0477. The summed E-state index contributed by atoms with van der Waals surface area (Å²) < 4.78 is 44.3. The molecule has 1 aromatic heterocycles. The lowest BCUT2D eigenvalue weighted by molar-refractivity contribution is -0.352. The van der Waals surface area contributed by atoms with E-state index in [1.165, 1.54) is 25.5 Å². The first-order valence-corrected chi connectivity index (χ1v) is 13.9. The highest BCUT2D eigenvalue weighted by molar-refractivity contribution is 5.85. The Kier molecular flexibility index (Phi) is 8.86. The van der Waals surface area contributed by atoms with Crippen LogP contribution < -0.4 is 24.4 Å². The number of hydrogen-bond donors (Lipinski definition) is 7. The van der Waals surface area contributed by atoms with Crippen LogP contribution in [0.5, 0.6) is 23.0 Å². The minimum atomic E-state index is -1.83. The Morgan fingerprint density at radius 1 is 0.800 bits per heavy atom. The van der Waals surface area contributed by atoms with Gasteiger partial charge in [0.2, 0.25) is 18.5 Å². The Hall–Kier alpha value is -3.55. The molecule has 0 aliphatic carbocycles. The number of aliphatic hydroxyl groups excluding tert-OH is 7. The van der Waals surface area contributed by atoms with Crippen molar-refractivity contribution in [1.82, 2.24) is 0 Å². The first-order valence-electron chi connectivity index (χ1n) is 13.9. The van der Waals surface area contributed by atoms with Crippen molar-refractivity contribution in [2.45, 2.75) is 61.4 Å². The zero-order valence-electron chi connectivity index (χ0n) is 23.7. The molecule has 0 unspecified atom stereocenters. The van der Waals surface area contributed by atoms with Crippen molar-refractivity contribution >= 4 is 11.0 Å². The molecule has 16 nitrogen and oxygen atoms in total. The molecule has 16 heteroatoms. The maximum Gasteiger partial charge on any atom is 0.231 e. The molecular weight excluding hydrogens is 604 g/mol. The van der Waals surface area contributed by atoms with E-state index in [2.05, 4.69) is 0 Å². The van der Waals surface area contributed by atoms with E-state index >= 15 is 0 Å². The van der Waals surface area contributed by atoms with Gasteiger partial charge in [-0.25, -0.2) is 0 Å². The second kappa shape index (κ2) is 12.7. The number of fused-ring (bicyclic) bond motifs is 2. The number of benzene rings is 2. The SMILES string of the molecule is COc1cc2c(=O)c(-c3ccc4c(c3)OCO4)coc2cc1O[C@@H]1O[C@@H](CO)[C@H](O)[C@H](O[C@H]2O[C@H](CO)[C@H](O)[C@@H](O)[C@@H]2O)[C@@H]1O. The third kappa shape index (κ3) is 5.70. The first-order chi connectivity index (χ1) is 21.6. The summed E-state index contributed by atoms with van der Waals surface area (Å²) in [5.74, 6) is 1.04. The summed E-state index contributed by atoms with van der Waals surface area (Å²) in [6.45, 7) is -1.40. The smallest absolute Gasteiger partial charge is 0.231 e. The number of ether oxygens (including phenoxy) is 7. The second-order valence-corrected chi connectivity index (χ2v) is 10.7. The largest absolute Gasteiger partial charge is 0.493 e. The van der Waals surface area contributed by atoms with Crippen molar-refractivity contribution in [3.05, 3.63) is 46.8 Å². The van der Waals surface area contributed by atoms with Gasteiger partial charge in [-0.2, -0.15) is 0 Å². The molecule has 7 N–H and O–H groups in total. The van der Waals surface area contributed by atoms with Gasteiger partial charge < -0.3 is 73.3 Å². The highest BCUT2D eigenvalue weighted by atomic mass is 16.7. The number of hydrogen-bond acceptors (Lipinski definition) is 16. The van der Waals surface area contributed by atoms with Crippen LogP contribution in [-0.2, 0) is 14.2 Å². The molecule has 0 amide bonds. The van der Waals surface area contributed by atoms with Crippen molar-refractivity contribution in [3.8, 4) is 34.1 Å². The highest BCUT2D eigenvalue weighted by Crippen LogP contribution is 2.38. The molecule has 10 atom stereocenters. The molecule has 244 valence electrons. The molecule has 2 saturated heterocycles.